The molecular formula is C39H44N2O3. The van der Waals surface area contributed by atoms with Crippen LogP contribution in [0.4, 0.5) is 0 Å². The standard InChI is InChI=1S/C39H44N2O3/c1-29(2)44-35-21-17-33(18-22-35)39-30(3)38-36(13-10-14-37(38)43-28-32-11-6-4-7-12-32)41(39)27-31-15-19-34(20-16-31)42-26-25-40-23-8-5-9-24-40/h4,6-7,10-22,29H,5,8-9,23-28H2,1-3H3. The molecule has 0 bridgehead atoms. The van der Waals surface area contributed by atoms with Crippen molar-refractivity contribution >= 4 is 10.9 Å². The van der Waals surface area contributed by atoms with Gasteiger partial charge in [-0.1, -0.05) is 55.0 Å². The van der Waals surface area contributed by atoms with Gasteiger partial charge < -0.3 is 18.8 Å². The second kappa shape index (κ2) is 14.0. The molecule has 0 atom stereocenters. The summed E-state index contributed by atoms with van der Waals surface area (Å²) in [7, 11) is 0. The molecule has 5 aromatic rings. The first-order valence-electron chi connectivity index (χ1n) is 16.0. The van der Waals surface area contributed by atoms with Crippen molar-refractivity contribution < 1.29 is 14.2 Å². The maximum atomic E-state index is 6.45. The van der Waals surface area contributed by atoms with E-state index >= 15 is 0 Å². The molecule has 6 rings (SSSR count). The molecule has 2 heterocycles. The van der Waals surface area contributed by atoms with Gasteiger partial charge in [-0.2, -0.15) is 0 Å². The van der Waals surface area contributed by atoms with Crippen molar-refractivity contribution in [1.29, 1.82) is 0 Å². The summed E-state index contributed by atoms with van der Waals surface area (Å²) in [6.07, 6.45) is 4.10. The Morgan fingerprint density at radius 3 is 2.16 bits per heavy atom. The van der Waals surface area contributed by atoms with Crippen molar-refractivity contribution in [3.8, 4) is 28.5 Å². The van der Waals surface area contributed by atoms with Crippen LogP contribution in [-0.2, 0) is 13.2 Å². The van der Waals surface area contributed by atoms with E-state index in [4.69, 9.17) is 14.2 Å². The molecule has 1 aliphatic heterocycles. The molecule has 0 saturated carbocycles. The molecule has 0 aliphatic carbocycles. The quantitative estimate of drug-likeness (QED) is 0.146. The lowest BCUT2D eigenvalue weighted by atomic mass is 10.1. The minimum atomic E-state index is 0.134. The van der Waals surface area contributed by atoms with Crippen LogP contribution in [0.3, 0.4) is 0 Å². The van der Waals surface area contributed by atoms with Crippen molar-refractivity contribution in [2.75, 3.05) is 26.2 Å². The maximum absolute atomic E-state index is 6.45. The number of hydrogen-bond acceptors (Lipinski definition) is 4. The van der Waals surface area contributed by atoms with E-state index in [1.165, 1.54) is 49.2 Å². The Hall–Kier alpha value is -4.22. The molecule has 0 N–H and O–H groups in total. The monoisotopic (exact) mass is 588 g/mol. The van der Waals surface area contributed by atoms with Gasteiger partial charge in [-0.15, -0.1) is 0 Å². The summed E-state index contributed by atoms with van der Waals surface area (Å²) >= 11 is 0. The molecule has 1 aliphatic rings. The van der Waals surface area contributed by atoms with E-state index in [9.17, 15) is 0 Å². The van der Waals surface area contributed by atoms with Crippen LogP contribution in [0.2, 0.25) is 0 Å². The van der Waals surface area contributed by atoms with Crippen LogP contribution in [-0.4, -0.2) is 41.8 Å². The van der Waals surface area contributed by atoms with Gasteiger partial charge in [0, 0.05) is 18.5 Å². The van der Waals surface area contributed by atoms with Crippen LogP contribution in [0.25, 0.3) is 22.2 Å². The first kappa shape index (κ1) is 29.8. The second-order valence-electron chi connectivity index (χ2n) is 12.1. The van der Waals surface area contributed by atoms with E-state index in [1.807, 2.05) is 6.07 Å². The summed E-state index contributed by atoms with van der Waals surface area (Å²) in [6, 6.07) is 33.8. The fourth-order valence-electron chi connectivity index (χ4n) is 6.27. The smallest absolute Gasteiger partial charge is 0.129 e. The molecule has 5 heteroatoms. The first-order valence-corrected chi connectivity index (χ1v) is 16.0. The fraction of sp³-hybridized carbons (Fsp3) is 0.333. The van der Waals surface area contributed by atoms with Crippen molar-refractivity contribution in [3.05, 3.63) is 114 Å². The Balaban J connectivity index is 1.28. The normalized spacial score (nSPS) is 13.8. The summed E-state index contributed by atoms with van der Waals surface area (Å²) in [6.45, 7) is 11.7. The molecule has 44 heavy (non-hydrogen) atoms. The van der Waals surface area contributed by atoms with Crippen molar-refractivity contribution in [2.45, 2.75) is 59.3 Å². The lowest BCUT2D eigenvalue weighted by Gasteiger charge is -2.26. The predicted octanol–water partition coefficient (Wildman–Crippen LogP) is 8.90. The number of benzene rings is 4. The Morgan fingerprint density at radius 1 is 0.705 bits per heavy atom. The van der Waals surface area contributed by atoms with E-state index in [2.05, 4.69) is 121 Å². The highest BCUT2D eigenvalue weighted by atomic mass is 16.5. The number of piperidine rings is 1. The Bertz CT molecular complexity index is 1630. The Kier molecular flexibility index (Phi) is 9.52. The minimum absolute atomic E-state index is 0.134. The molecule has 0 unspecified atom stereocenters. The third-order valence-corrected chi connectivity index (χ3v) is 8.42. The highest BCUT2D eigenvalue weighted by molar-refractivity contribution is 5.96. The fourth-order valence-corrected chi connectivity index (χ4v) is 6.27. The number of nitrogens with zero attached hydrogens (tertiary/aromatic N) is 2. The average molecular weight is 589 g/mol. The van der Waals surface area contributed by atoms with E-state index in [0.717, 1.165) is 59.0 Å². The third-order valence-electron chi connectivity index (χ3n) is 8.42. The Labute approximate surface area is 262 Å². The number of aryl methyl sites for hydroxylation is 1. The highest BCUT2D eigenvalue weighted by Crippen LogP contribution is 2.39. The molecule has 1 fully saturated rings. The highest BCUT2D eigenvalue weighted by Gasteiger charge is 2.20. The molecule has 1 saturated heterocycles. The van der Waals surface area contributed by atoms with E-state index in [0.29, 0.717) is 6.61 Å². The number of aromatic nitrogens is 1. The average Bonchev–Trinajstić information content (AvgIpc) is 3.33. The van der Waals surface area contributed by atoms with Crippen molar-refractivity contribution in [1.82, 2.24) is 9.47 Å². The van der Waals surface area contributed by atoms with Gasteiger partial charge in [0.25, 0.3) is 0 Å². The van der Waals surface area contributed by atoms with Crippen LogP contribution < -0.4 is 14.2 Å². The van der Waals surface area contributed by atoms with Crippen LogP contribution in [0.15, 0.2) is 97.1 Å². The zero-order valence-electron chi connectivity index (χ0n) is 26.3. The number of likely N-dealkylation sites (tertiary alicyclic amines) is 1. The van der Waals surface area contributed by atoms with E-state index in [1.54, 1.807) is 0 Å². The van der Waals surface area contributed by atoms with Gasteiger partial charge in [0.1, 0.15) is 30.5 Å². The van der Waals surface area contributed by atoms with E-state index in [-0.39, 0.29) is 6.10 Å². The van der Waals surface area contributed by atoms with Gasteiger partial charge in [0.15, 0.2) is 0 Å². The summed E-state index contributed by atoms with van der Waals surface area (Å²) in [4.78, 5) is 2.51. The summed E-state index contributed by atoms with van der Waals surface area (Å²) < 4.78 is 20.9. The van der Waals surface area contributed by atoms with Gasteiger partial charge in [0.2, 0.25) is 0 Å². The van der Waals surface area contributed by atoms with Crippen LogP contribution in [0.5, 0.6) is 17.2 Å². The predicted molar refractivity (Wildman–Crippen MR) is 180 cm³/mol. The van der Waals surface area contributed by atoms with Gasteiger partial charge in [-0.25, -0.2) is 0 Å². The molecule has 228 valence electrons. The number of rotatable bonds is 12. The van der Waals surface area contributed by atoms with E-state index < -0.39 is 0 Å². The lowest BCUT2D eigenvalue weighted by molar-refractivity contribution is 0.183. The van der Waals surface area contributed by atoms with Gasteiger partial charge in [-0.3, -0.25) is 4.90 Å². The van der Waals surface area contributed by atoms with Crippen LogP contribution >= 0.6 is 0 Å². The summed E-state index contributed by atoms with van der Waals surface area (Å²) in [5.74, 6) is 2.71. The van der Waals surface area contributed by atoms with Crippen LogP contribution in [0, 0.1) is 6.92 Å². The number of hydrogen-bond donors (Lipinski definition) is 0. The van der Waals surface area contributed by atoms with Gasteiger partial charge in [-0.05, 0) is 117 Å². The molecule has 4 aromatic carbocycles. The largest absolute Gasteiger partial charge is 0.492 e. The zero-order chi connectivity index (χ0) is 30.3. The molecular weight excluding hydrogens is 544 g/mol. The first-order chi connectivity index (χ1) is 21.5. The second-order valence-corrected chi connectivity index (χ2v) is 12.1. The minimum Gasteiger partial charge on any atom is -0.492 e. The molecule has 1 aromatic heterocycles. The summed E-state index contributed by atoms with van der Waals surface area (Å²) in [5, 5.41) is 1.15. The number of ether oxygens (including phenoxy) is 3. The zero-order valence-corrected chi connectivity index (χ0v) is 26.3. The lowest BCUT2D eigenvalue weighted by Crippen LogP contribution is -2.33. The SMILES string of the molecule is Cc1c(-c2ccc(OC(C)C)cc2)n(Cc2ccc(OCCN3CCCCC3)cc2)c2cccc(OCc3ccccc3)c12. The maximum Gasteiger partial charge on any atom is 0.129 e. The molecule has 0 amide bonds. The summed E-state index contributed by atoms with van der Waals surface area (Å²) in [5.41, 5.74) is 7.09. The number of fused-ring (bicyclic) bond motifs is 1. The van der Waals surface area contributed by atoms with Crippen LogP contribution in [0.1, 0.15) is 49.8 Å². The molecule has 5 nitrogen and oxygen atoms in total. The van der Waals surface area contributed by atoms with Gasteiger partial charge in [0.05, 0.1) is 17.3 Å². The Morgan fingerprint density at radius 2 is 1.43 bits per heavy atom. The van der Waals surface area contributed by atoms with Gasteiger partial charge >= 0.3 is 0 Å². The topological polar surface area (TPSA) is 35.9 Å². The third kappa shape index (κ3) is 7.11. The molecule has 0 spiro atoms. The molecule has 0 radical (unpaired) electrons. The van der Waals surface area contributed by atoms with Crippen molar-refractivity contribution in [3.63, 3.8) is 0 Å². The van der Waals surface area contributed by atoms with Crippen molar-refractivity contribution in [2.24, 2.45) is 0 Å².